The van der Waals surface area contributed by atoms with Gasteiger partial charge in [0.1, 0.15) is 24.0 Å². The van der Waals surface area contributed by atoms with Gasteiger partial charge in [-0.25, -0.2) is 10.2 Å². The third kappa shape index (κ3) is 4.80. The number of nitrogens with one attached hydrogen (secondary N) is 1. The number of nitrogens with zero attached hydrogens (tertiary/aromatic N) is 3. The quantitative estimate of drug-likeness (QED) is 0.695. The minimum Gasteiger partial charge on any atom is -0.483 e. The lowest BCUT2D eigenvalue weighted by molar-refractivity contribution is -0.122. The second-order valence-corrected chi connectivity index (χ2v) is 10.4. The maximum atomic E-state index is 13.1. The Hall–Kier alpha value is -3.81. The Bertz CT molecular complexity index is 1230. The molecule has 188 valence electrons. The van der Waals surface area contributed by atoms with E-state index in [-0.39, 0.29) is 24.1 Å². The number of rotatable bonds is 3. The molecule has 0 bridgehead atoms. The summed E-state index contributed by atoms with van der Waals surface area (Å²) in [6, 6.07) is 15.8. The molecular weight excluding hydrogens is 456 g/mol. The van der Waals surface area contributed by atoms with Crippen molar-refractivity contribution in [2.24, 2.45) is 5.10 Å². The number of hydrogen-bond acceptors (Lipinski definition) is 6. The van der Waals surface area contributed by atoms with Crippen molar-refractivity contribution in [2.45, 2.75) is 58.2 Å². The fourth-order valence-electron chi connectivity index (χ4n) is 4.88. The van der Waals surface area contributed by atoms with Crippen molar-refractivity contribution in [1.29, 1.82) is 0 Å². The number of fused-ring (bicyclic) bond motifs is 3. The van der Waals surface area contributed by atoms with E-state index < -0.39 is 5.60 Å². The summed E-state index contributed by atoms with van der Waals surface area (Å²) >= 11 is 0. The van der Waals surface area contributed by atoms with Gasteiger partial charge in [0.15, 0.2) is 5.84 Å². The number of ether oxygens (including phenoxy) is 2. The van der Waals surface area contributed by atoms with Crippen LogP contribution < -0.4 is 15.1 Å². The van der Waals surface area contributed by atoms with Gasteiger partial charge in [-0.05, 0) is 69.4 Å². The molecule has 2 unspecified atom stereocenters. The van der Waals surface area contributed by atoms with Crippen molar-refractivity contribution in [2.75, 3.05) is 18.1 Å². The molecule has 8 heteroatoms. The largest absolute Gasteiger partial charge is 0.483 e. The van der Waals surface area contributed by atoms with Crippen molar-refractivity contribution < 1.29 is 19.1 Å². The van der Waals surface area contributed by atoms with Crippen molar-refractivity contribution >= 4 is 29.1 Å². The first-order valence-electron chi connectivity index (χ1n) is 12.3. The van der Waals surface area contributed by atoms with Gasteiger partial charge in [0.05, 0.1) is 5.69 Å². The third-order valence-electron chi connectivity index (χ3n) is 6.66. The van der Waals surface area contributed by atoms with E-state index >= 15 is 0 Å². The zero-order chi connectivity index (χ0) is 25.4. The van der Waals surface area contributed by atoms with E-state index in [1.807, 2.05) is 67.8 Å². The number of carbonyl (C=O) groups is 2. The topological polar surface area (TPSA) is 83.5 Å². The van der Waals surface area contributed by atoms with Crippen molar-refractivity contribution in [3.05, 3.63) is 65.7 Å². The molecule has 3 heterocycles. The zero-order valence-electron chi connectivity index (χ0n) is 21.2. The van der Waals surface area contributed by atoms with Crippen LogP contribution in [0.4, 0.5) is 10.5 Å². The van der Waals surface area contributed by atoms with Gasteiger partial charge in [-0.1, -0.05) is 42.5 Å². The van der Waals surface area contributed by atoms with Crippen LogP contribution in [0.25, 0.3) is 5.57 Å². The number of amidine groups is 1. The molecule has 2 atom stereocenters. The summed E-state index contributed by atoms with van der Waals surface area (Å²) in [5.41, 5.74) is 6.20. The Morgan fingerprint density at radius 1 is 1.19 bits per heavy atom. The molecule has 0 spiro atoms. The van der Waals surface area contributed by atoms with Crippen LogP contribution in [0.15, 0.2) is 59.7 Å². The number of hydrogen-bond donors (Lipinski definition) is 1. The highest BCUT2D eigenvalue weighted by Gasteiger charge is 2.36. The maximum Gasteiger partial charge on any atom is 0.410 e. The van der Waals surface area contributed by atoms with Crippen LogP contribution in [-0.4, -0.2) is 53.6 Å². The zero-order valence-corrected chi connectivity index (χ0v) is 21.2. The van der Waals surface area contributed by atoms with E-state index in [9.17, 15) is 9.59 Å². The summed E-state index contributed by atoms with van der Waals surface area (Å²) in [6.45, 7) is 8.29. The Balaban J connectivity index is 1.45. The first-order chi connectivity index (χ1) is 17.2. The highest BCUT2D eigenvalue weighted by Crippen LogP contribution is 2.39. The van der Waals surface area contributed by atoms with Gasteiger partial charge in [-0.15, -0.1) is 0 Å². The van der Waals surface area contributed by atoms with Crippen LogP contribution in [0, 0.1) is 0 Å². The number of amides is 2. The lowest BCUT2D eigenvalue weighted by Crippen LogP contribution is -2.55. The molecule has 0 fully saturated rings. The Morgan fingerprint density at radius 3 is 2.72 bits per heavy atom. The highest BCUT2D eigenvalue weighted by atomic mass is 16.6. The highest BCUT2D eigenvalue weighted by molar-refractivity contribution is 6.09. The number of hydrazone groups is 1. The summed E-state index contributed by atoms with van der Waals surface area (Å²) in [4.78, 5) is 29.1. The third-order valence-corrected chi connectivity index (χ3v) is 6.66. The Kier molecular flexibility index (Phi) is 6.20. The summed E-state index contributed by atoms with van der Waals surface area (Å²) < 4.78 is 11.6. The van der Waals surface area contributed by atoms with Crippen LogP contribution in [-0.2, 0) is 16.0 Å². The van der Waals surface area contributed by atoms with Crippen LogP contribution in [0.3, 0.4) is 0 Å². The predicted octanol–water partition coefficient (Wildman–Crippen LogP) is 4.35. The first kappa shape index (κ1) is 23.9. The van der Waals surface area contributed by atoms with E-state index in [0.717, 1.165) is 29.0 Å². The van der Waals surface area contributed by atoms with Crippen LogP contribution in [0.2, 0.25) is 0 Å². The van der Waals surface area contributed by atoms with Gasteiger partial charge in [-0.2, -0.15) is 5.10 Å². The van der Waals surface area contributed by atoms with Gasteiger partial charge in [0.2, 0.25) is 0 Å². The molecule has 0 saturated heterocycles. The molecule has 0 aliphatic carbocycles. The smallest absolute Gasteiger partial charge is 0.410 e. The molecule has 36 heavy (non-hydrogen) atoms. The normalized spacial score (nSPS) is 21.4. The minimum absolute atomic E-state index is 0.0497. The molecule has 0 saturated carbocycles. The van der Waals surface area contributed by atoms with Crippen LogP contribution in [0.1, 0.15) is 45.2 Å². The van der Waals surface area contributed by atoms with Crippen molar-refractivity contribution in [1.82, 2.24) is 10.3 Å². The fourth-order valence-corrected chi connectivity index (χ4v) is 4.88. The molecule has 2 aromatic carbocycles. The summed E-state index contributed by atoms with van der Waals surface area (Å²) in [5, 5.41) is 4.19. The lowest BCUT2D eigenvalue weighted by atomic mass is 9.90. The Morgan fingerprint density at radius 2 is 1.97 bits per heavy atom. The van der Waals surface area contributed by atoms with Gasteiger partial charge < -0.3 is 19.3 Å². The molecule has 2 amide bonds. The summed E-state index contributed by atoms with van der Waals surface area (Å²) in [5.74, 6) is 1.26. The Labute approximate surface area is 211 Å². The number of carbonyl (C=O) groups excluding carboxylic acids is 2. The van der Waals surface area contributed by atoms with Gasteiger partial charge >= 0.3 is 6.09 Å². The molecule has 0 aromatic heterocycles. The van der Waals surface area contributed by atoms with E-state index in [4.69, 9.17) is 9.47 Å². The predicted molar refractivity (Wildman–Crippen MR) is 139 cm³/mol. The molecule has 2 aromatic rings. The summed E-state index contributed by atoms with van der Waals surface area (Å²) in [6.07, 6.45) is 3.21. The van der Waals surface area contributed by atoms with Crippen molar-refractivity contribution in [3.8, 4) is 5.75 Å². The second kappa shape index (κ2) is 9.33. The van der Waals surface area contributed by atoms with Gasteiger partial charge in [0.25, 0.3) is 5.91 Å². The average molecular weight is 489 g/mol. The van der Waals surface area contributed by atoms with Gasteiger partial charge in [-0.3, -0.25) is 4.79 Å². The first-order valence-corrected chi connectivity index (χ1v) is 12.3. The summed E-state index contributed by atoms with van der Waals surface area (Å²) in [7, 11) is 0. The molecule has 8 nitrogen and oxygen atoms in total. The molecular formula is C28H32N4O4. The minimum atomic E-state index is -0.562. The molecule has 5 rings (SSSR count). The standard InChI is InChI=1S/C28H32N4O4/c1-18-26(33)30-29-25-17-35-24-11-10-20(16-23(24)32(18)25)21-12-13-31(27(34)36-28(2,3)4)22(15-21)14-19-8-6-5-7-9-19/h5-12,16,18,22H,13-15,17H2,1-4H3,(H,30,33). The number of anilines is 1. The van der Waals surface area contributed by atoms with E-state index in [1.54, 1.807) is 0 Å². The molecule has 1 N–H and O–H groups in total. The van der Waals surface area contributed by atoms with E-state index in [1.165, 1.54) is 5.56 Å². The molecule has 3 aliphatic rings. The van der Waals surface area contributed by atoms with Crippen LogP contribution >= 0.6 is 0 Å². The van der Waals surface area contributed by atoms with Crippen molar-refractivity contribution in [3.63, 3.8) is 0 Å². The maximum absolute atomic E-state index is 13.1. The number of benzene rings is 2. The van der Waals surface area contributed by atoms with Gasteiger partial charge in [0, 0.05) is 12.6 Å². The monoisotopic (exact) mass is 488 g/mol. The SMILES string of the molecule is CC1C(=O)NN=C2COc3ccc(C4=CCN(C(=O)OC(C)(C)C)C(Cc5ccccc5)C4)cc3N21. The molecule has 0 radical (unpaired) electrons. The second-order valence-electron chi connectivity index (χ2n) is 10.4. The molecule has 3 aliphatic heterocycles. The fraction of sp³-hybridized carbons (Fsp3) is 0.393. The van der Waals surface area contributed by atoms with E-state index in [2.05, 4.69) is 34.8 Å². The average Bonchev–Trinajstić information content (AvgIpc) is 2.85. The van der Waals surface area contributed by atoms with Crippen LogP contribution in [0.5, 0.6) is 5.75 Å². The lowest BCUT2D eigenvalue weighted by Gasteiger charge is -2.39. The van der Waals surface area contributed by atoms with E-state index in [0.29, 0.717) is 25.4 Å².